The molecule has 16 nitrogen and oxygen atoms in total. The van der Waals surface area contributed by atoms with Crippen LogP contribution in [-0.4, -0.2) is 164 Å². The third-order valence-corrected chi connectivity index (χ3v) is 17.6. The molecule has 4 aliphatic carbocycles. The topological polar surface area (TPSA) is 236 Å². The average Bonchev–Trinajstić information content (AvgIpc) is 3.69. The molecule has 13 unspecified atom stereocenters. The van der Waals surface area contributed by atoms with Crippen molar-refractivity contribution in [3.8, 4) is 0 Å². The molecular weight excluding hydrogens is 796 g/mol. The molecule has 16 heteroatoms. The highest BCUT2D eigenvalue weighted by Crippen LogP contribution is 2.70. The lowest BCUT2D eigenvalue weighted by Gasteiger charge is -2.58. The van der Waals surface area contributed by atoms with E-state index < -0.39 is 105 Å². The summed E-state index contributed by atoms with van der Waals surface area (Å²) in [4.78, 5) is 0. The molecule has 9 rings (SSSR count). The van der Waals surface area contributed by atoms with Crippen molar-refractivity contribution in [3.05, 3.63) is 11.6 Å². The van der Waals surface area contributed by atoms with Gasteiger partial charge in [0.2, 0.25) is 0 Å². The Hall–Kier alpha value is -0.900. The van der Waals surface area contributed by atoms with Crippen LogP contribution < -0.4 is 0 Å². The van der Waals surface area contributed by atoms with E-state index in [1.165, 1.54) is 25.8 Å². The summed E-state index contributed by atoms with van der Waals surface area (Å²) >= 11 is 0. The zero-order valence-corrected chi connectivity index (χ0v) is 36.5. The van der Waals surface area contributed by atoms with Crippen molar-refractivity contribution in [2.24, 2.45) is 46.3 Å². The summed E-state index contributed by atoms with van der Waals surface area (Å²) < 4.78 is 50.1. The molecule has 0 bridgehead atoms. The van der Waals surface area contributed by atoms with E-state index in [1.54, 1.807) is 0 Å². The lowest BCUT2D eigenvalue weighted by molar-refractivity contribution is -0.388. The van der Waals surface area contributed by atoms with E-state index in [0.29, 0.717) is 48.3 Å². The fraction of sp³-hybridized carbons (Fsp3) is 0.956. The fourth-order valence-corrected chi connectivity index (χ4v) is 14.0. The Bertz CT molecular complexity index is 1590. The molecular formula is C45H72O16. The number of fused-ring (bicyclic) bond motifs is 7. The van der Waals surface area contributed by atoms with Gasteiger partial charge in [0, 0.05) is 12.3 Å². The molecule has 0 aromatic heterocycles. The number of allylic oxidation sites excluding steroid dienone is 1. The summed E-state index contributed by atoms with van der Waals surface area (Å²) in [5.74, 6) is 2.64. The van der Waals surface area contributed by atoms with Crippen LogP contribution >= 0.6 is 0 Å². The fourth-order valence-electron chi connectivity index (χ4n) is 14.0. The molecule has 0 aromatic carbocycles. The Labute approximate surface area is 358 Å². The Morgan fingerprint density at radius 1 is 0.689 bits per heavy atom. The van der Waals surface area contributed by atoms with Crippen LogP contribution in [0.1, 0.15) is 99.3 Å². The lowest BCUT2D eigenvalue weighted by atomic mass is 9.47. The van der Waals surface area contributed by atoms with Gasteiger partial charge in [-0.2, -0.15) is 0 Å². The molecule has 0 amide bonds. The van der Waals surface area contributed by atoms with Crippen molar-refractivity contribution in [1.29, 1.82) is 0 Å². The van der Waals surface area contributed by atoms with Gasteiger partial charge in [-0.05, 0) is 106 Å². The molecule has 0 aromatic rings. The van der Waals surface area contributed by atoms with E-state index in [2.05, 4.69) is 33.8 Å². The molecule has 5 aliphatic heterocycles. The standard InChI is InChI=1S/C45H72O16/c1-19-9-14-45(54-18-19)20(2)30-28(61-45)16-27-25-8-7-23-15-24(10-12-43(23,5)26(25)11-13-44(27,30)6)57-42-39(60-41-36(52)34(50)32(48)22(4)56-41)37(53)38(29(17-46)58-42)59-40-35(51)33(49)31(47)21(3)55-40/h7,19-22,24-42,46-53H,8-18H2,1-6H3/t19?,20-,21?,22?,24-,25?,26?,27?,28?,29?,30?,31-,32-,33+,34+,35?,36?,37-,38-,39?,40-,41-,42+,43-,44-,45?/m0/s1. The summed E-state index contributed by atoms with van der Waals surface area (Å²) in [7, 11) is 0. The van der Waals surface area contributed by atoms with Gasteiger partial charge in [-0.3, -0.25) is 0 Å². The van der Waals surface area contributed by atoms with Gasteiger partial charge in [-0.25, -0.2) is 0 Å². The maximum Gasteiger partial charge on any atom is 0.187 e. The van der Waals surface area contributed by atoms with E-state index in [0.717, 1.165) is 45.1 Å². The van der Waals surface area contributed by atoms with Gasteiger partial charge in [-0.1, -0.05) is 39.3 Å². The third kappa shape index (κ3) is 7.42. The van der Waals surface area contributed by atoms with Crippen molar-refractivity contribution in [3.63, 3.8) is 0 Å². The normalized spacial score (nSPS) is 58.4. The average molecular weight is 869 g/mol. The van der Waals surface area contributed by atoms with Crippen LogP contribution in [0.3, 0.4) is 0 Å². The zero-order valence-electron chi connectivity index (χ0n) is 36.5. The molecule has 1 spiro atoms. The molecule has 9 aliphatic rings. The molecule has 8 fully saturated rings. The Morgan fingerprint density at radius 3 is 1.97 bits per heavy atom. The highest BCUT2D eigenvalue weighted by atomic mass is 16.8. The highest BCUT2D eigenvalue weighted by molar-refractivity contribution is 5.26. The number of aliphatic hydroxyl groups is 8. The molecule has 5 heterocycles. The van der Waals surface area contributed by atoms with Gasteiger partial charge in [0.05, 0.1) is 37.6 Å². The van der Waals surface area contributed by atoms with Crippen LogP contribution in [0.15, 0.2) is 11.6 Å². The van der Waals surface area contributed by atoms with E-state index in [4.69, 9.17) is 37.9 Å². The maximum absolute atomic E-state index is 12.0. The first-order chi connectivity index (χ1) is 28.9. The van der Waals surface area contributed by atoms with E-state index >= 15 is 0 Å². The summed E-state index contributed by atoms with van der Waals surface area (Å²) in [6, 6.07) is 0. The largest absolute Gasteiger partial charge is 0.394 e. The quantitative estimate of drug-likeness (QED) is 0.168. The minimum atomic E-state index is -1.71. The minimum Gasteiger partial charge on any atom is -0.394 e. The molecule has 26 atom stereocenters. The summed E-state index contributed by atoms with van der Waals surface area (Å²) in [6.07, 6.45) is -10.4. The minimum absolute atomic E-state index is 0.0171. The molecule has 8 N–H and O–H groups in total. The first-order valence-electron chi connectivity index (χ1n) is 23.2. The predicted molar refractivity (Wildman–Crippen MR) is 213 cm³/mol. The van der Waals surface area contributed by atoms with Gasteiger partial charge in [0.25, 0.3) is 0 Å². The second-order valence-electron chi connectivity index (χ2n) is 21.1. The second-order valence-corrected chi connectivity index (χ2v) is 21.1. The van der Waals surface area contributed by atoms with Crippen LogP contribution in [0.25, 0.3) is 0 Å². The van der Waals surface area contributed by atoms with Crippen molar-refractivity contribution in [2.75, 3.05) is 13.2 Å². The SMILES string of the molecule is CC1CCC2(OC1)OC1CC3C4CC=C5C[C@@H](O[C@@H]6OC(CO)[C@H](O[C@@H]7OC(C)[C@H](O)[C@@H](O)C7O)[C@H](O)C6O[C@@H]6OC(C)[C@H](O)[C@@H](O)C6O)CC[C@]5(C)C4CC[C@]3(C)C1[C@@H]2C. The van der Waals surface area contributed by atoms with Crippen LogP contribution in [0.4, 0.5) is 0 Å². The summed E-state index contributed by atoms with van der Waals surface area (Å²) in [5, 5.41) is 85.9. The van der Waals surface area contributed by atoms with E-state index in [9.17, 15) is 40.9 Å². The number of aliphatic hydroxyl groups excluding tert-OH is 8. The first kappa shape index (κ1) is 45.3. The lowest BCUT2D eigenvalue weighted by Crippen LogP contribution is -2.66. The van der Waals surface area contributed by atoms with Gasteiger partial charge in [0.15, 0.2) is 24.7 Å². The maximum atomic E-state index is 12.0. The van der Waals surface area contributed by atoms with E-state index in [-0.39, 0.29) is 23.0 Å². The van der Waals surface area contributed by atoms with Crippen LogP contribution in [0, 0.1) is 46.3 Å². The molecule has 0 radical (unpaired) electrons. The number of hydrogen-bond acceptors (Lipinski definition) is 16. The number of rotatable bonds is 7. The smallest absolute Gasteiger partial charge is 0.187 e. The number of hydrogen-bond donors (Lipinski definition) is 8. The van der Waals surface area contributed by atoms with Crippen molar-refractivity contribution in [2.45, 2.75) is 209 Å². The van der Waals surface area contributed by atoms with Gasteiger partial charge in [0.1, 0.15) is 61.0 Å². The number of ether oxygens (including phenoxy) is 8. The Morgan fingerprint density at radius 2 is 1.34 bits per heavy atom. The van der Waals surface area contributed by atoms with Gasteiger partial charge in [-0.15, -0.1) is 0 Å². The predicted octanol–water partition coefficient (Wildman–Crippen LogP) is 1.24. The highest BCUT2D eigenvalue weighted by Gasteiger charge is 2.69. The third-order valence-electron chi connectivity index (χ3n) is 17.6. The van der Waals surface area contributed by atoms with Crippen LogP contribution in [0.2, 0.25) is 0 Å². The van der Waals surface area contributed by atoms with Gasteiger partial charge < -0.3 is 78.7 Å². The molecule has 3 saturated carbocycles. The summed E-state index contributed by atoms with van der Waals surface area (Å²) in [5.41, 5.74) is 1.53. The molecule has 61 heavy (non-hydrogen) atoms. The van der Waals surface area contributed by atoms with Crippen molar-refractivity contribution < 1.29 is 78.7 Å². The Balaban J connectivity index is 0.916. The van der Waals surface area contributed by atoms with Crippen LogP contribution in [0.5, 0.6) is 0 Å². The zero-order chi connectivity index (χ0) is 43.5. The second kappa shape index (κ2) is 16.8. The summed E-state index contributed by atoms with van der Waals surface area (Å²) in [6.45, 7) is 12.7. The Kier molecular flexibility index (Phi) is 12.4. The monoisotopic (exact) mass is 868 g/mol. The van der Waals surface area contributed by atoms with E-state index in [1.807, 2.05) is 0 Å². The van der Waals surface area contributed by atoms with Crippen LogP contribution in [-0.2, 0) is 37.9 Å². The van der Waals surface area contributed by atoms with Crippen molar-refractivity contribution >= 4 is 0 Å². The molecule has 5 saturated heterocycles. The van der Waals surface area contributed by atoms with Gasteiger partial charge >= 0.3 is 0 Å². The van der Waals surface area contributed by atoms with Crippen molar-refractivity contribution in [1.82, 2.24) is 0 Å². The molecule has 348 valence electrons. The first-order valence-corrected chi connectivity index (χ1v) is 23.2.